The molecule has 0 N–H and O–H groups in total. The molecule has 0 bridgehead atoms. The van der Waals surface area contributed by atoms with Crippen LogP contribution in [0.2, 0.25) is 0 Å². The number of carbonyl (C=O) groups excluding carboxylic acids is 1. The van der Waals surface area contributed by atoms with Crippen molar-refractivity contribution in [3.8, 4) is 0 Å². The lowest BCUT2D eigenvalue weighted by Crippen LogP contribution is -2.38. The largest absolute Gasteiger partial charge is 0.455 e. The Kier molecular flexibility index (Phi) is 6.59. The molecule has 8 heteroatoms. The SMILES string of the molecule is CCn1c(CN(C)C)nnc1C1CCN(C(=O)c2ccc(CSC)o2)CC1. The highest BCUT2D eigenvalue weighted by atomic mass is 32.2. The van der Waals surface area contributed by atoms with Gasteiger partial charge in [0.05, 0.1) is 12.3 Å². The van der Waals surface area contributed by atoms with Crippen molar-refractivity contribution in [3.63, 3.8) is 0 Å². The van der Waals surface area contributed by atoms with Crippen molar-refractivity contribution in [1.29, 1.82) is 0 Å². The fourth-order valence-electron chi connectivity index (χ4n) is 3.60. The molecule has 0 spiro atoms. The summed E-state index contributed by atoms with van der Waals surface area (Å²) in [6.07, 6.45) is 3.84. The summed E-state index contributed by atoms with van der Waals surface area (Å²) in [5.74, 6) is 4.49. The van der Waals surface area contributed by atoms with E-state index in [0.29, 0.717) is 11.7 Å². The molecule has 0 unspecified atom stereocenters. The summed E-state index contributed by atoms with van der Waals surface area (Å²) in [5, 5.41) is 8.88. The van der Waals surface area contributed by atoms with E-state index in [4.69, 9.17) is 4.42 Å². The molecule has 0 aliphatic carbocycles. The van der Waals surface area contributed by atoms with Gasteiger partial charge in [-0.2, -0.15) is 11.8 Å². The summed E-state index contributed by atoms with van der Waals surface area (Å²) in [6, 6.07) is 3.69. The summed E-state index contributed by atoms with van der Waals surface area (Å²) in [6.45, 7) is 5.24. The summed E-state index contributed by atoms with van der Waals surface area (Å²) in [7, 11) is 4.08. The number of piperidine rings is 1. The van der Waals surface area contributed by atoms with Gasteiger partial charge in [0.1, 0.15) is 17.4 Å². The Balaban J connectivity index is 1.63. The maximum atomic E-state index is 12.7. The normalized spacial score (nSPS) is 15.7. The van der Waals surface area contributed by atoms with Gasteiger partial charge < -0.3 is 18.8 Å². The van der Waals surface area contributed by atoms with E-state index in [1.807, 2.05) is 31.3 Å². The second-order valence-electron chi connectivity index (χ2n) is 7.22. The van der Waals surface area contributed by atoms with Crippen molar-refractivity contribution in [2.45, 2.75) is 44.5 Å². The van der Waals surface area contributed by atoms with Gasteiger partial charge >= 0.3 is 0 Å². The quantitative estimate of drug-likeness (QED) is 0.723. The number of furan rings is 1. The lowest BCUT2D eigenvalue weighted by atomic mass is 9.95. The van der Waals surface area contributed by atoms with Crippen LogP contribution in [0.1, 0.15) is 53.6 Å². The number of likely N-dealkylation sites (tertiary alicyclic amines) is 1. The Morgan fingerprint density at radius 2 is 2.04 bits per heavy atom. The number of nitrogens with zero attached hydrogens (tertiary/aromatic N) is 5. The molecule has 0 aromatic carbocycles. The molecule has 1 saturated heterocycles. The van der Waals surface area contributed by atoms with Crippen LogP contribution in [-0.4, -0.2) is 63.9 Å². The van der Waals surface area contributed by atoms with E-state index >= 15 is 0 Å². The van der Waals surface area contributed by atoms with Gasteiger partial charge in [0.25, 0.3) is 5.91 Å². The lowest BCUT2D eigenvalue weighted by Gasteiger charge is -2.31. The van der Waals surface area contributed by atoms with Crippen LogP contribution in [0.5, 0.6) is 0 Å². The number of rotatable bonds is 7. The van der Waals surface area contributed by atoms with Crippen LogP contribution in [0.25, 0.3) is 0 Å². The molecule has 0 radical (unpaired) electrons. The standard InChI is InChI=1S/C19H29N5O2S/c1-5-24-17(12-22(2)3)20-21-18(24)14-8-10-23(11-9-14)19(25)16-7-6-15(26-16)13-27-4/h6-7,14H,5,8-13H2,1-4H3. The second kappa shape index (κ2) is 8.93. The summed E-state index contributed by atoms with van der Waals surface area (Å²) in [4.78, 5) is 16.7. The highest BCUT2D eigenvalue weighted by Gasteiger charge is 2.29. The molecule has 1 aliphatic rings. The number of hydrogen-bond donors (Lipinski definition) is 0. The minimum Gasteiger partial charge on any atom is -0.455 e. The maximum Gasteiger partial charge on any atom is 0.289 e. The molecule has 0 saturated carbocycles. The van der Waals surface area contributed by atoms with Crippen molar-refractivity contribution in [1.82, 2.24) is 24.6 Å². The number of carbonyl (C=O) groups is 1. The first-order valence-electron chi connectivity index (χ1n) is 9.47. The molecule has 1 aliphatic heterocycles. The monoisotopic (exact) mass is 391 g/mol. The fourth-order valence-corrected chi connectivity index (χ4v) is 4.04. The van der Waals surface area contributed by atoms with E-state index in [1.54, 1.807) is 17.8 Å². The van der Waals surface area contributed by atoms with Crippen LogP contribution < -0.4 is 0 Å². The molecule has 27 heavy (non-hydrogen) atoms. The Morgan fingerprint density at radius 1 is 1.30 bits per heavy atom. The van der Waals surface area contributed by atoms with E-state index in [0.717, 1.165) is 62.2 Å². The van der Waals surface area contributed by atoms with Gasteiger partial charge in [0.15, 0.2) is 5.76 Å². The van der Waals surface area contributed by atoms with E-state index < -0.39 is 0 Å². The molecule has 2 aromatic rings. The van der Waals surface area contributed by atoms with Crippen LogP contribution in [0.3, 0.4) is 0 Å². The average molecular weight is 392 g/mol. The molecule has 1 amide bonds. The van der Waals surface area contributed by atoms with E-state index in [2.05, 4.69) is 26.6 Å². The molecule has 3 rings (SSSR count). The van der Waals surface area contributed by atoms with Crippen molar-refractivity contribution in [2.75, 3.05) is 33.4 Å². The molecule has 0 atom stereocenters. The molecule has 7 nitrogen and oxygen atoms in total. The second-order valence-corrected chi connectivity index (χ2v) is 8.09. The van der Waals surface area contributed by atoms with Crippen LogP contribution >= 0.6 is 11.8 Å². The zero-order valence-corrected chi connectivity index (χ0v) is 17.5. The zero-order chi connectivity index (χ0) is 19.4. The third-order valence-electron chi connectivity index (χ3n) is 4.94. The van der Waals surface area contributed by atoms with E-state index in [1.165, 1.54) is 0 Å². The minimum absolute atomic E-state index is 0.00828. The fraction of sp³-hybridized carbons (Fsp3) is 0.632. The Morgan fingerprint density at radius 3 is 2.67 bits per heavy atom. The molecular weight excluding hydrogens is 362 g/mol. The van der Waals surface area contributed by atoms with Gasteiger partial charge in [0, 0.05) is 25.6 Å². The third kappa shape index (κ3) is 4.55. The van der Waals surface area contributed by atoms with Crippen LogP contribution in [0.15, 0.2) is 16.5 Å². The maximum absolute atomic E-state index is 12.7. The van der Waals surface area contributed by atoms with Crippen molar-refractivity contribution in [2.24, 2.45) is 0 Å². The smallest absolute Gasteiger partial charge is 0.289 e. The van der Waals surface area contributed by atoms with E-state index in [-0.39, 0.29) is 5.91 Å². The lowest BCUT2D eigenvalue weighted by molar-refractivity contribution is 0.0676. The number of aromatic nitrogens is 3. The Bertz CT molecular complexity index is 762. The predicted octanol–water partition coefficient (Wildman–Crippen LogP) is 2.84. The molecule has 148 valence electrons. The van der Waals surface area contributed by atoms with Crippen LogP contribution in [0.4, 0.5) is 0 Å². The third-order valence-corrected chi connectivity index (χ3v) is 5.51. The summed E-state index contributed by atoms with van der Waals surface area (Å²) < 4.78 is 7.91. The van der Waals surface area contributed by atoms with Gasteiger partial charge in [-0.25, -0.2) is 0 Å². The molecule has 3 heterocycles. The van der Waals surface area contributed by atoms with Gasteiger partial charge in [-0.05, 0) is 52.2 Å². The molecular formula is C19H29N5O2S. The number of hydrogen-bond acceptors (Lipinski definition) is 6. The molecule has 1 fully saturated rings. The number of thioether (sulfide) groups is 1. The Hall–Kier alpha value is -1.80. The first-order valence-corrected chi connectivity index (χ1v) is 10.9. The topological polar surface area (TPSA) is 67.4 Å². The van der Waals surface area contributed by atoms with E-state index in [9.17, 15) is 4.79 Å². The highest BCUT2D eigenvalue weighted by Crippen LogP contribution is 2.28. The average Bonchev–Trinajstić information content (AvgIpc) is 3.28. The summed E-state index contributed by atoms with van der Waals surface area (Å²) >= 11 is 1.69. The van der Waals surface area contributed by atoms with Crippen LogP contribution in [-0.2, 0) is 18.8 Å². The minimum atomic E-state index is -0.00828. The van der Waals surface area contributed by atoms with Gasteiger partial charge in [0.2, 0.25) is 0 Å². The highest BCUT2D eigenvalue weighted by molar-refractivity contribution is 7.97. The Labute approximate surface area is 165 Å². The van der Waals surface area contributed by atoms with Gasteiger partial charge in [-0.3, -0.25) is 4.79 Å². The predicted molar refractivity (Wildman–Crippen MR) is 107 cm³/mol. The van der Waals surface area contributed by atoms with Crippen molar-refractivity contribution >= 4 is 17.7 Å². The van der Waals surface area contributed by atoms with Gasteiger partial charge in [-0.15, -0.1) is 10.2 Å². The van der Waals surface area contributed by atoms with Gasteiger partial charge in [-0.1, -0.05) is 0 Å². The molecule has 2 aromatic heterocycles. The summed E-state index contributed by atoms with van der Waals surface area (Å²) in [5.41, 5.74) is 0. The van der Waals surface area contributed by atoms with Crippen molar-refractivity contribution in [3.05, 3.63) is 35.3 Å². The first kappa shape index (κ1) is 19.9. The number of amides is 1. The first-order chi connectivity index (χ1) is 13.0. The van der Waals surface area contributed by atoms with Crippen LogP contribution in [0, 0.1) is 0 Å². The van der Waals surface area contributed by atoms with Crippen molar-refractivity contribution < 1.29 is 9.21 Å². The zero-order valence-electron chi connectivity index (χ0n) is 16.6.